The molecule has 0 aromatic heterocycles. The highest BCUT2D eigenvalue weighted by atomic mass is 32.2. The molecule has 4 rings (SSSR count). The van der Waals surface area contributed by atoms with Gasteiger partial charge < -0.3 is 19.3 Å². The number of rotatable bonds is 8. The topological polar surface area (TPSA) is 67.8 Å². The van der Waals surface area contributed by atoms with Crippen molar-refractivity contribution in [1.29, 1.82) is 0 Å². The lowest BCUT2D eigenvalue weighted by molar-refractivity contribution is -0.160. The summed E-state index contributed by atoms with van der Waals surface area (Å²) in [4.78, 5) is 12.7. The van der Waals surface area contributed by atoms with E-state index in [0.717, 1.165) is 75.9 Å². The molecule has 1 heterocycles. The second kappa shape index (κ2) is 11.7. The number of carboxylic acids is 1. The van der Waals surface area contributed by atoms with E-state index in [-0.39, 0.29) is 0 Å². The minimum absolute atomic E-state index is 0.613. The van der Waals surface area contributed by atoms with Crippen molar-refractivity contribution < 1.29 is 19.4 Å². The number of carbonyl (C=O) groups is 1. The van der Waals surface area contributed by atoms with Crippen molar-refractivity contribution in [3.63, 3.8) is 0 Å². The first-order chi connectivity index (χ1) is 17.6. The molecule has 0 bridgehead atoms. The SMILES string of the molecule is Cc1cc(NSCC2CCCCC2)c(C)c(C(OC(C)(C)C)C(=O)O)c1-c1ccc2c(c1C)CCCO2. The van der Waals surface area contributed by atoms with E-state index in [1.807, 2.05) is 33.8 Å². The van der Waals surface area contributed by atoms with Crippen LogP contribution in [-0.2, 0) is 16.0 Å². The molecule has 0 amide bonds. The molecule has 2 N–H and O–H groups in total. The average molecular weight is 526 g/mol. The summed E-state index contributed by atoms with van der Waals surface area (Å²) < 4.78 is 15.7. The van der Waals surface area contributed by atoms with Crippen LogP contribution in [0.3, 0.4) is 0 Å². The van der Waals surface area contributed by atoms with Gasteiger partial charge in [0, 0.05) is 17.0 Å². The monoisotopic (exact) mass is 525 g/mol. The van der Waals surface area contributed by atoms with E-state index < -0.39 is 17.7 Å². The molecular formula is C31H43NO4S. The van der Waals surface area contributed by atoms with E-state index in [9.17, 15) is 9.90 Å². The molecule has 1 aliphatic carbocycles. The normalized spacial score (nSPS) is 17.1. The van der Waals surface area contributed by atoms with Gasteiger partial charge in [0.25, 0.3) is 0 Å². The molecule has 1 unspecified atom stereocenters. The lowest BCUT2D eigenvalue weighted by Gasteiger charge is -2.30. The predicted octanol–water partition coefficient (Wildman–Crippen LogP) is 8.19. The van der Waals surface area contributed by atoms with Gasteiger partial charge >= 0.3 is 5.97 Å². The highest BCUT2D eigenvalue weighted by Crippen LogP contribution is 2.44. The summed E-state index contributed by atoms with van der Waals surface area (Å²) in [6, 6.07) is 6.31. The lowest BCUT2D eigenvalue weighted by Crippen LogP contribution is -2.28. The number of fused-ring (bicyclic) bond motifs is 1. The second-order valence-corrected chi connectivity index (χ2v) is 12.5. The molecule has 0 radical (unpaired) electrons. The van der Waals surface area contributed by atoms with Crippen molar-refractivity contribution >= 4 is 23.6 Å². The van der Waals surface area contributed by atoms with E-state index in [4.69, 9.17) is 9.47 Å². The summed E-state index contributed by atoms with van der Waals surface area (Å²) in [5.74, 6) is 1.80. The molecule has 5 nitrogen and oxygen atoms in total. The van der Waals surface area contributed by atoms with Gasteiger partial charge in [-0.3, -0.25) is 0 Å². The number of ether oxygens (including phenoxy) is 2. The molecular weight excluding hydrogens is 482 g/mol. The second-order valence-electron chi connectivity index (χ2n) is 11.7. The number of hydrogen-bond donors (Lipinski definition) is 2. The van der Waals surface area contributed by atoms with Gasteiger partial charge in [0.15, 0.2) is 6.10 Å². The van der Waals surface area contributed by atoms with Gasteiger partial charge in [-0.1, -0.05) is 37.3 Å². The quantitative estimate of drug-likeness (QED) is 0.339. The van der Waals surface area contributed by atoms with E-state index in [1.165, 1.54) is 37.7 Å². The summed E-state index contributed by atoms with van der Waals surface area (Å²) in [6.45, 7) is 12.7. The van der Waals surface area contributed by atoms with Crippen LogP contribution in [0.5, 0.6) is 5.75 Å². The Morgan fingerprint density at radius 2 is 1.86 bits per heavy atom. The minimum Gasteiger partial charge on any atom is -0.493 e. The molecule has 2 aromatic rings. The zero-order chi connectivity index (χ0) is 26.7. The van der Waals surface area contributed by atoms with Crippen LogP contribution in [0.2, 0.25) is 0 Å². The minimum atomic E-state index is -1.08. The Kier molecular flexibility index (Phi) is 8.80. The zero-order valence-electron chi connectivity index (χ0n) is 23.3. The number of benzene rings is 2. The van der Waals surface area contributed by atoms with Crippen LogP contribution in [0, 0.1) is 26.7 Å². The maximum Gasteiger partial charge on any atom is 0.337 e. The Bertz CT molecular complexity index is 1130. The Morgan fingerprint density at radius 1 is 1.14 bits per heavy atom. The fraction of sp³-hybridized carbons (Fsp3) is 0.581. The molecule has 0 spiro atoms. The van der Waals surface area contributed by atoms with Gasteiger partial charge in [-0.2, -0.15) is 0 Å². The molecule has 37 heavy (non-hydrogen) atoms. The van der Waals surface area contributed by atoms with Gasteiger partial charge in [0.1, 0.15) is 5.75 Å². The van der Waals surface area contributed by atoms with Crippen molar-refractivity contribution in [3.8, 4) is 16.9 Å². The van der Waals surface area contributed by atoms with Crippen LogP contribution in [0.1, 0.15) is 93.2 Å². The third-order valence-electron chi connectivity index (χ3n) is 7.67. The van der Waals surface area contributed by atoms with Crippen LogP contribution in [-0.4, -0.2) is 29.0 Å². The van der Waals surface area contributed by atoms with E-state index in [2.05, 4.69) is 30.7 Å². The third kappa shape index (κ3) is 6.46. The summed E-state index contributed by atoms with van der Waals surface area (Å²) in [5.41, 5.74) is 7.48. The number of hydrogen-bond acceptors (Lipinski definition) is 5. The number of aliphatic carboxylic acids is 1. The number of anilines is 1. The summed E-state index contributed by atoms with van der Waals surface area (Å²) in [7, 11) is 0. The Hall–Kier alpha value is -2.18. The molecule has 1 fully saturated rings. The average Bonchev–Trinajstić information content (AvgIpc) is 2.85. The van der Waals surface area contributed by atoms with Crippen LogP contribution in [0.25, 0.3) is 11.1 Å². The summed E-state index contributed by atoms with van der Waals surface area (Å²) in [6.07, 6.45) is 7.52. The molecule has 1 atom stereocenters. The number of carboxylic acid groups (broad SMARTS) is 1. The molecule has 1 saturated carbocycles. The highest BCUT2D eigenvalue weighted by molar-refractivity contribution is 8.00. The van der Waals surface area contributed by atoms with Crippen molar-refractivity contribution in [3.05, 3.63) is 46.0 Å². The zero-order valence-corrected chi connectivity index (χ0v) is 24.1. The van der Waals surface area contributed by atoms with Crippen LogP contribution in [0.15, 0.2) is 18.2 Å². The van der Waals surface area contributed by atoms with Crippen molar-refractivity contribution in [1.82, 2.24) is 0 Å². The first-order valence-corrected chi connectivity index (χ1v) is 14.7. The molecule has 1 aliphatic heterocycles. The van der Waals surface area contributed by atoms with Crippen LogP contribution < -0.4 is 9.46 Å². The maximum absolute atomic E-state index is 12.7. The fourth-order valence-corrected chi connectivity index (χ4v) is 6.81. The van der Waals surface area contributed by atoms with Gasteiger partial charge in [0.05, 0.1) is 12.2 Å². The molecule has 2 aliphatic rings. The largest absolute Gasteiger partial charge is 0.493 e. The van der Waals surface area contributed by atoms with Crippen molar-refractivity contribution in [2.45, 2.75) is 98.2 Å². The molecule has 202 valence electrons. The first kappa shape index (κ1) is 27.8. The Balaban J connectivity index is 1.79. The fourth-order valence-electron chi connectivity index (χ4n) is 5.79. The van der Waals surface area contributed by atoms with Crippen molar-refractivity contribution in [2.24, 2.45) is 5.92 Å². The number of nitrogens with one attached hydrogen (secondary N) is 1. The van der Waals surface area contributed by atoms with Crippen LogP contribution >= 0.6 is 11.9 Å². The molecule has 6 heteroatoms. The van der Waals surface area contributed by atoms with Gasteiger partial charge in [-0.05, 0) is 119 Å². The Morgan fingerprint density at radius 3 is 2.54 bits per heavy atom. The van der Waals surface area contributed by atoms with Gasteiger partial charge in [0.2, 0.25) is 0 Å². The van der Waals surface area contributed by atoms with E-state index >= 15 is 0 Å². The third-order valence-corrected chi connectivity index (χ3v) is 8.67. The summed E-state index contributed by atoms with van der Waals surface area (Å²) >= 11 is 1.75. The van der Waals surface area contributed by atoms with Crippen molar-refractivity contribution in [2.75, 3.05) is 17.1 Å². The smallest absolute Gasteiger partial charge is 0.337 e. The lowest BCUT2D eigenvalue weighted by atomic mass is 9.84. The molecule has 2 aromatic carbocycles. The predicted molar refractivity (Wildman–Crippen MR) is 154 cm³/mol. The molecule has 0 saturated heterocycles. The van der Waals surface area contributed by atoms with Gasteiger partial charge in [-0.15, -0.1) is 0 Å². The van der Waals surface area contributed by atoms with Gasteiger partial charge in [-0.25, -0.2) is 4.79 Å². The Labute approximate surface area is 226 Å². The number of aryl methyl sites for hydroxylation is 1. The first-order valence-electron chi connectivity index (χ1n) is 13.7. The summed E-state index contributed by atoms with van der Waals surface area (Å²) in [5, 5.41) is 10.4. The van der Waals surface area contributed by atoms with Crippen LogP contribution in [0.4, 0.5) is 5.69 Å². The van der Waals surface area contributed by atoms with E-state index in [0.29, 0.717) is 0 Å². The standard InChI is InChI=1S/C31H43NO4S/c1-19-17-25(32-37-18-22-11-8-7-9-12-22)21(3)28(29(30(33)34)36-31(4,5)6)27(19)24-14-15-26-23(20(24)2)13-10-16-35-26/h14-15,17,22,29,32H,7-13,16,18H2,1-6H3,(H,33,34). The van der Waals surface area contributed by atoms with E-state index in [1.54, 1.807) is 11.9 Å². The highest BCUT2D eigenvalue weighted by Gasteiger charge is 2.33. The maximum atomic E-state index is 12.7.